The average molecular weight is 181 g/mol. The van der Waals surface area contributed by atoms with Gasteiger partial charge in [0.1, 0.15) is 0 Å². The summed E-state index contributed by atoms with van der Waals surface area (Å²) in [6, 6.07) is 0.957. The van der Waals surface area contributed by atoms with E-state index in [2.05, 4.69) is 18.7 Å². The molecule has 0 radical (unpaired) electrons. The van der Waals surface area contributed by atoms with E-state index >= 15 is 0 Å². The van der Waals surface area contributed by atoms with Crippen molar-refractivity contribution in [3.8, 4) is 0 Å². The topological polar surface area (TPSA) is 3.24 Å². The number of rotatable bonds is 2. The summed E-state index contributed by atoms with van der Waals surface area (Å²) < 4.78 is 0. The summed E-state index contributed by atoms with van der Waals surface area (Å²) >= 11 is 0. The van der Waals surface area contributed by atoms with Crippen LogP contribution in [0.1, 0.15) is 46.0 Å². The van der Waals surface area contributed by atoms with Crippen LogP contribution in [0.3, 0.4) is 0 Å². The first-order valence-electron chi connectivity index (χ1n) is 6.03. The molecule has 1 saturated carbocycles. The Morgan fingerprint density at radius 2 is 1.69 bits per heavy atom. The van der Waals surface area contributed by atoms with Gasteiger partial charge in [0.05, 0.1) is 0 Å². The third-order valence-corrected chi connectivity index (χ3v) is 4.06. The molecule has 0 aromatic carbocycles. The molecule has 1 saturated heterocycles. The highest BCUT2D eigenvalue weighted by atomic mass is 15.2. The van der Waals surface area contributed by atoms with E-state index in [0.717, 1.165) is 17.9 Å². The van der Waals surface area contributed by atoms with E-state index in [4.69, 9.17) is 0 Å². The van der Waals surface area contributed by atoms with Crippen molar-refractivity contribution in [3.63, 3.8) is 0 Å². The number of likely N-dealkylation sites (tertiary alicyclic amines) is 1. The first-order chi connectivity index (χ1) is 6.29. The quantitative estimate of drug-likeness (QED) is 0.633. The summed E-state index contributed by atoms with van der Waals surface area (Å²) in [6.07, 6.45) is 7.27. The van der Waals surface area contributed by atoms with Crippen LogP contribution in [0.2, 0.25) is 0 Å². The molecule has 76 valence electrons. The molecule has 1 nitrogen and oxygen atoms in total. The average Bonchev–Trinajstić information content (AvgIpc) is 2.06. The molecule has 1 aliphatic heterocycles. The highest BCUT2D eigenvalue weighted by molar-refractivity contribution is 4.87. The molecule has 1 aliphatic carbocycles. The molecule has 0 unspecified atom stereocenters. The van der Waals surface area contributed by atoms with Crippen LogP contribution in [0.4, 0.5) is 0 Å². The second-order valence-electron chi connectivity index (χ2n) is 5.14. The highest BCUT2D eigenvalue weighted by Crippen LogP contribution is 2.31. The molecule has 0 atom stereocenters. The van der Waals surface area contributed by atoms with Crippen molar-refractivity contribution in [2.24, 2.45) is 11.8 Å². The summed E-state index contributed by atoms with van der Waals surface area (Å²) in [5.41, 5.74) is 0. The fourth-order valence-electron chi connectivity index (χ4n) is 2.77. The minimum Gasteiger partial charge on any atom is -0.300 e. The summed E-state index contributed by atoms with van der Waals surface area (Å²) in [5, 5.41) is 0. The third-order valence-electron chi connectivity index (χ3n) is 4.06. The molecule has 0 aromatic rings. The Balaban J connectivity index is 1.71. The van der Waals surface area contributed by atoms with Crippen molar-refractivity contribution in [2.45, 2.75) is 52.0 Å². The molecule has 0 aromatic heterocycles. The zero-order valence-corrected chi connectivity index (χ0v) is 9.13. The molecule has 2 aliphatic rings. The van der Waals surface area contributed by atoms with Gasteiger partial charge < -0.3 is 0 Å². The molecule has 1 heteroatoms. The lowest BCUT2D eigenvalue weighted by atomic mass is 9.83. The predicted octanol–water partition coefficient (Wildman–Crippen LogP) is 2.91. The number of hydrogen-bond acceptors (Lipinski definition) is 1. The van der Waals surface area contributed by atoms with Crippen LogP contribution in [0, 0.1) is 11.8 Å². The van der Waals surface area contributed by atoms with E-state index in [1.807, 2.05) is 0 Å². The van der Waals surface area contributed by atoms with Crippen molar-refractivity contribution in [1.29, 1.82) is 0 Å². The Kier molecular flexibility index (Phi) is 2.92. The van der Waals surface area contributed by atoms with Gasteiger partial charge in [0.2, 0.25) is 0 Å². The number of hydrogen-bond donors (Lipinski definition) is 0. The van der Waals surface area contributed by atoms with Gasteiger partial charge in [-0.1, -0.05) is 20.3 Å². The van der Waals surface area contributed by atoms with Crippen LogP contribution >= 0.6 is 0 Å². The van der Waals surface area contributed by atoms with Crippen LogP contribution in [-0.4, -0.2) is 24.0 Å². The minimum absolute atomic E-state index is 0.957. The first kappa shape index (κ1) is 9.51. The summed E-state index contributed by atoms with van der Waals surface area (Å²) in [5.74, 6) is 2.03. The second kappa shape index (κ2) is 4.00. The first-order valence-corrected chi connectivity index (χ1v) is 6.03. The van der Waals surface area contributed by atoms with E-state index in [-0.39, 0.29) is 0 Å². The molecule has 0 N–H and O–H groups in total. The smallest absolute Gasteiger partial charge is 0.00957 e. The minimum atomic E-state index is 0.957. The molecule has 1 heterocycles. The van der Waals surface area contributed by atoms with Gasteiger partial charge in [0.15, 0.2) is 0 Å². The van der Waals surface area contributed by atoms with Crippen LogP contribution in [-0.2, 0) is 0 Å². The van der Waals surface area contributed by atoms with E-state index in [9.17, 15) is 0 Å². The van der Waals surface area contributed by atoms with Crippen LogP contribution in [0.15, 0.2) is 0 Å². The van der Waals surface area contributed by atoms with E-state index < -0.39 is 0 Å². The molecular formula is C12H23N. The maximum absolute atomic E-state index is 2.72. The van der Waals surface area contributed by atoms with Gasteiger partial charge in [-0.25, -0.2) is 0 Å². The standard InChI is InChI=1S/C12H23N/c1-3-11-8-13(9-11)12-6-4-10(2)5-7-12/h10-12H,3-9H2,1-2H3. The largest absolute Gasteiger partial charge is 0.300 e. The molecule has 2 rings (SSSR count). The van der Waals surface area contributed by atoms with Gasteiger partial charge in [-0.15, -0.1) is 0 Å². The SMILES string of the molecule is CCC1CN(C2CCC(C)CC2)C1. The zero-order chi connectivity index (χ0) is 9.26. The summed E-state index contributed by atoms with van der Waals surface area (Å²) in [7, 11) is 0. The second-order valence-corrected chi connectivity index (χ2v) is 5.14. The van der Waals surface area contributed by atoms with E-state index in [1.165, 1.54) is 45.2 Å². The fraction of sp³-hybridized carbons (Fsp3) is 1.00. The van der Waals surface area contributed by atoms with E-state index in [0.29, 0.717) is 0 Å². The summed E-state index contributed by atoms with van der Waals surface area (Å²) in [6.45, 7) is 7.53. The van der Waals surface area contributed by atoms with Gasteiger partial charge in [-0.05, 0) is 37.5 Å². The van der Waals surface area contributed by atoms with Crippen LogP contribution < -0.4 is 0 Å². The normalized spacial score (nSPS) is 37.4. The lowest BCUT2D eigenvalue weighted by Gasteiger charge is -2.46. The summed E-state index contributed by atoms with van der Waals surface area (Å²) in [4.78, 5) is 2.72. The van der Waals surface area contributed by atoms with Crippen molar-refractivity contribution < 1.29 is 0 Å². The molecule has 13 heavy (non-hydrogen) atoms. The van der Waals surface area contributed by atoms with Crippen LogP contribution in [0.25, 0.3) is 0 Å². The van der Waals surface area contributed by atoms with Gasteiger partial charge >= 0.3 is 0 Å². The Morgan fingerprint density at radius 1 is 1.08 bits per heavy atom. The Labute approximate surface area is 82.5 Å². The third kappa shape index (κ3) is 2.07. The van der Waals surface area contributed by atoms with Gasteiger partial charge in [-0.2, -0.15) is 0 Å². The monoisotopic (exact) mass is 181 g/mol. The Morgan fingerprint density at radius 3 is 2.23 bits per heavy atom. The van der Waals surface area contributed by atoms with Crippen molar-refractivity contribution in [1.82, 2.24) is 4.90 Å². The lowest BCUT2D eigenvalue weighted by Crippen LogP contribution is -2.52. The van der Waals surface area contributed by atoms with Crippen molar-refractivity contribution in [3.05, 3.63) is 0 Å². The fourth-order valence-corrected chi connectivity index (χ4v) is 2.77. The molecule has 2 fully saturated rings. The molecular weight excluding hydrogens is 158 g/mol. The van der Waals surface area contributed by atoms with Crippen LogP contribution in [0.5, 0.6) is 0 Å². The lowest BCUT2D eigenvalue weighted by molar-refractivity contribution is 0.0276. The van der Waals surface area contributed by atoms with Gasteiger partial charge in [0, 0.05) is 19.1 Å². The maximum Gasteiger partial charge on any atom is 0.00957 e. The number of nitrogens with zero attached hydrogens (tertiary/aromatic N) is 1. The van der Waals surface area contributed by atoms with Crippen molar-refractivity contribution >= 4 is 0 Å². The predicted molar refractivity (Wildman–Crippen MR) is 56.8 cm³/mol. The van der Waals surface area contributed by atoms with Crippen molar-refractivity contribution in [2.75, 3.05) is 13.1 Å². The Hall–Kier alpha value is -0.0400. The maximum atomic E-state index is 2.72. The van der Waals surface area contributed by atoms with Gasteiger partial charge in [0.25, 0.3) is 0 Å². The Bertz CT molecular complexity index is 153. The molecule has 0 spiro atoms. The zero-order valence-electron chi connectivity index (χ0n) is 9.13. The van der Waals surface area contributed by atoms with Gasteiger partial charge in [-0.3, -0.25) is 4.90 Å². The van der Waals surface area contributed by atoms with E-state index in [1.54, 1.807) is 0 Å². The molecule has 0 bridgehead atoms. The molecule has 0 amide bonds. The highest BCUT2D eigenvalue weighted by Gasteiger charge is 2.32.